The van der Waals surface area contributed by atoms with E-state index < -0.39 is 16.1 Å². The molecular formula is C72H55N5Si2. The summed E-state index contributed by atoms with van der Waals surface area (Å²) in [6.45, 7) is 6.21. The zero-order valence-electron chi connectivity index (χ0n) is 44.3. The second-order valence-electron chi connectivity index (χ2n) is 20.8. The summed E-state index contributed by atoms with van der Waals surface area (Å²) in [5.74, 6) is 2.35. The molecule has 376 valence electrons. The van der Waals surface area contributed by atoms with Crippen LogP contribution in [0, 0.1) is 20.8 Å². The van der Waals surface area contributed by atoms with E-state index in [0.717, 1.165) is 62.0 Å². The van der Waals surface area contributed by atoms with Crippen LogP contribution in [0.3, 0.4) is 0 Å². The Labute approximate surface area is 462 Å². The van der Waals surface area contributed by atoms with Gasteiger partial charge >= 0.3 is 0 Å². The normalized spacial score (nSPS) is 12.0. The average molecular weight is 1050 g/mol. The zero-order valence-corrected chi connectivity index (χ0v) is 46.3. The average Bonchev–Trinajstić information content (AvgIpc) is 4.08. The van der Waals surface area contributed by atoms with Crippen molar-refractivity contribution in [3.63, 3.8) is 0 Å². The van der Waals surface area contributed by atoms with Crippen molar-refractivity contribution in [2.45, 2.75) is 20.8 Å². The summed E-state index contributed by atoms with van der Waals surface area (Å²) < 4.78 is 4.75. The van der Waals surface area contributed by atoms with Crippen molar-refractivity contribution < 1.29 is 0 Å². The molecule has 4 heterocycles. The van der Waals surface area contributed by atoms with Crippen LogP contribution in [0.4, 0.5) is 0 Å². The van der Waals surface area contributed by atoms with Gasteiger partial charge in [0.25, 0.3) is 0 Å². The maximum atomic E-state index is 5.85. The number of benzene rings is 10. The first-order valence-electron chi connectivity index (χ1n) is 27.2. The molecule has 0 bridgehead atoms. The van der Waals surface area contributed by atoms with Crippen LogP contribution in [0.5, 0.6) is 0 Å². The smallest absolute Gasteiger partial charge is 0.179 e. The van der Waals surface area contributed by atoms with Crippen molar-refractivity contribution in [1.29, 1.82) is 0 Å². The fourth-order valence-electron chi connectivity index (χ4n) is 13.0. The summed E-state index contributed by atoms with van der Waals surface area (Å²) in [5.41, 5.74) is 8.21. The van der Waals surface area contributed by atoms with Gasteiger partial charge in [-0.05, 0) is 104 Å². The van der Waals surface area contributed by atoms with Crippen LogP contribution in [0.15, 0.2) is 279 Å². The van der Waals surface area contributed by atoms with Gasteiger partial charge in [-0.3, -0.25) is 9.13 Å². The second-order valence-corrected chi connectivity index (χ2v) is 28.4. The third-order valence-electron chi connectivity index (χ3n) is 16.5. The molecule has 0 radical (unpaired) electrons. The molecule has 0 spiro atoms. The van der Waals surface area contributed by atoms with E-state index in [1.54, 1.807) is 0 Å². The van der Waals surface area contributed by atoms with Gasteiger partial charge in [-0.15, -0.1) is 0 Å². The number of pyridine rings is 1. The summed E-state index contributed by atoms with van der Waals surface area (Å²) in [6, 6.07) is 104. The third-order valence-corrected chi connectivity index (χ3v) is 26.0. The SMILES string of the molecule is Cc1nc(C)c(C)c(-c2cc(-n3c4ccccc4c4cc([Si](c5ccccc5)(c5ccccc5)c5ccccc5)ccc43)nc(-n3c4ccccc4c4cc([Si](c5ccccc5)(c5ccccc5)c5ccccc5)ccc43)c2)n1. The van der Waals surface area contributed by atoms with E-state index >= 15 is 0 Å². The van der Waals surface area contributed by atoms with Gasteiger partial charge in [-0.1, -0.05) is 243 Å². The van der Waals surface area contributed by atoms with Crippen LogP contribution in [0.1, 0.15) is 17.1 Å². The lowest BCUT2D eigenvalue weighted by Crippen LogP contribution is -2.74. The largest absolute Gasteiger partial charge is 0.294 e. The van der Waals surface area contributed by atoms with E-state index in [1.807, 2.05) is 6.92 Å². The third kappa shape index (κ3) is 7.68. The Morgan fingerprint density at radius 3 is 0.949 bits per heavy atom. The van der Waals surface area contributed by atoms with Crippen molar-refractivity contribution in [3.8, 4) is 22.9 Å². The summed E-state index contributed by atoms with van der Waals surface area (Å²) in [7, 11) is -5.71. The molecule has 14 aromatic rings. The molecule has 0 amide bonds. The predicted octanol–water partition coefficient (Wildman–Crippen LogP) is 11.4. The highest BCUT2D eigenvalue weighted by Crippen LogP contribution is 2.37. The van der Waals surface area contributed by atoms with Crippen LogP contribution in [0.25, 0.3) is 66.5 Å². The number of hydrogen-bond acceptors (Lipinski definition) is 3. The lowest BCUT2D eigenvalue weighted by Gasteiger charge is -2.34. The highest BCUT2D eigenvalue weighted by atomic mass is 28.3. The number of nitrogens with zero attached hydrogens (tertiary/aromatic N) is 5. The Hall–Kier alpha value is -9.54. The number of rotatable bonds is 11. The number of aromatic nitrogens is 5. The van der Waals surface area contributed by atoms with E-state index in [0.29, 0.717) is 0 Å². The van der Waals surface area contributed by atoms with Crippen LogP contribution in [-0.2, 0) is 0 Å². The van der Waals surface area contributed by atoms with Crippen molar-refractivity contribution in [3.05, 3.63) is 296 Å². The minimum absolute atomic E-state index is 0.734. The molecule has 0 unspecified atom stereocenters. The first-order chi connectivity index (χ1) is 38.9. The lowest BCUT2D eigenvalue weighted by molar-refractivity contribution is 0.983. The number of para-hydroxylation sites is 2. The van der Waals surface area contributed by atoms with Gasteiger partial charge in [-0.25, -0.2) is 15.0 Å². The molecule has 0 atom stereocenters. The highest BCUT2D eigenvalue weighted by Gasteiger charge is 2.43. The van der Waals surface area contributed by atoms with E-state index in [2.05, 4.69) is 302 Å². The minimum Gasteiger partial charge on any atom is -0.294 e. The number of aryl methyl sites for hydroxylation is 2. The highest BCUT2D eigenvalue weighted by molar-refractivity contribution is 7.20. The van der Waals surface area contributed by atoms with E-state index in [-0.39, 0.29) is 0 Å². The summed E-state index contributed by atoms with van der Waals surface area (Å²) in [6.07, 6.45) is 0. The molecule has 0 saturated carbocycles. The molecule has 0 aliphatic carbocycles. The quantitative estimate of drug-likeness (QED) is 0.0958. The molecule has 0 aliphatic heterocycles. The summed E-state index contributed by atoms with van der Waals surface area (Å²) in [4.78, 5) is 15.9. The van der Waals surface area contributed by atoms with Gasteiger partial charge in [-0.2, -0.15) is 0 Å². The Morgan fingerprint density at radius 1 is 0.278 bits per heavy atom. The van der Waals surface area contributed by atoms with Gasteiger partial charge in [0.1, 0.15) is 17.5 Å². The van der Waals surface area contributed by atoms with Crippen LogP contribution in [0.2, 0.25) is 0 Å². The molecule has 4 aromatic heterocycles. The van der Waals surface area contributed by atoms with E-state index in [1.165, 1.54) is 63.0 Å². The monoisotopic (exact) mass is 1050 g/mol. The first kappa shape index (κ1) is 47.9. The van der Waals surface area contributed by atoms with E-state index in [4.69, 9.17) is 15.0 Å². The lowest BCUT2D eigenvalue weighted by atomic mass is 10.1. The molecule has 0 aliphatic rings. The predicted molar refractivity (Wildman–Crippen MR) is 335 cm³/mol. The van der Waals surface area contributed by atoms with Gasteiger partial charge in [0, 0.05) is 32.8 Å². The fraction of sp³-hybridized carbons (Fsp3) is 0.0417. The van der Waals surface area contributed by atoms with Crippen LogP contribution >= 0.6 is 0 Å². The number of hydrogen-bond donors (Lipinski definition) is 0. The standard InChI is InChI=1S/C72H55N5Si2/c1-50-51(2)73-52(3)74-72(50)53-46-70(76-66-40-24-22-38-62(66)64-48-60(42-44-68(64)76)78(54-26-10-4-11-27-54,55-28-12-5-13-29-55)56-30-14-6-15-31-56)75-71(47-53)77-67-41-25-23-39-63(67)65-49-61(43-45-69(65)77)79(57-32-16-7-17-33-57,58-34-18-8-19-35-58)59-36-20-9-21-37-59/h4-49H,1-3H3. The zero-order chi connectivity index (χ0) is 53.1. The summed E-state index contributed by atoms with van der Waals surface area (Å²) >= 11 is 0. The van der Waals surface area contributed by atoms with Gasteiger partial charge in [0.05, 0.1) is 27.8 Å². The molecule has 10 aromatic carbocycles. The van der Waals surface area contributed by atoms with Gasteiger partial charge in [0.15, 0.2) is 16.1 Å². The molecule has 0 fully saturated rings. The molecular weight excluding hydrogens is 991 g/mol. The van der Waals surface area contributed by atoms with Crippen molar-refractivity contribution in [2.75, 3.05) is 0 Å². The second kappa shape index (κ2) is 19.5. The topological polar surface area (TPSA) is 48.5 Å². The van der Waals surface area contributed by atoms with Crippen molar-refractivity contribution >= 4 is 101 Å². The minimum atomic E-state index is -2.86. The van der Waals surface area contributed by atoms with E-state index in [9.17, 15) is 0 Å². The first-order valence-corrected chi connectivity index (χ1v) is 31.2. The van der Waals surface area contributed by atoms with Crippen LogP contribution in [-0.4, -0.2) is 40.2 Å². The van der Waals surface area contributed by atoms with Crippen LogP contribution < -0.4 is 41.5 Å². The number of fused-ring (bicyclic) bond motifs is 6. The molecule has 0 N–H and O–H groups in total. The fourth-order valence-corrected chi connectivity index (χ4v) is 22.5. The Kier molecular flexibility index (Phi) is 11.8. The maximum Gasteiger partial charge on any atom is 0.179 e. The molecule has 5 nitrogen and oxygen atoms in total. The summed E-state index contributed by atoms with van der Waals surface area (Å²) in [5, 5.41) is 15.4. The Morgan fingerprint density at radius 2 is 0.595 bits per heavy atom. The maximum absolute atomic E-state index is 5.85. The Balaban J connectivity index is 1.04. The molecule has 7 heteroatoms. The van der Waals surface area contributed by atoms with Gasteiger partial charge < -0.3 is 0 Å². The van der Waals surface area contributed by atoms with Crippen molar-refractivity contribution in [1.82, 2.24) is 24.1 Å². The van der Waals surface area contributed by atoms with Gasteiger partial charge in [0.2, 0.25) is 0 Å². The van der Waals surface area contributed by atoms with Crippen molar-refractivity contribution in [2.24, 2.45) is 0 Å². The molecule has 14 rings (SSSR count). The molecule has 79 heavy (non-hydrogen) atoms. The molecule has 0 saturated heterocycles. The Bertz CT molecular complexity index is 4110.